The normalized spacial score (nSPS) is 21.1. The molecule has 0 aliphatic carbocycles. The third-order valence-corrected chi connectivity index (χ3v) is 5.93. The second-order valence-electron chi connectivity index (χ2n) is 5.40. The summed E-state index contributed by atoms with van der Waals surface area (Å²) in [5.41, 5.74) is 0.991. The van der Waals surface area contributed by atoms with Crippen molar-refractivity contribution in [3.05, 3.63) is 11.9 Å². The highest BCUT2D eigenvalue weighted by atomic mass is 32.2. The number of nitrogens with one attached hydrogen (secondary N) is 2. The molecule has 1 aromatic rings. The highest BCUT2D eigenvalue weighted by Crippen LogP contribution is 2.28. The highest BCUT2D eigenvalue weighted by molar-refractivity contribution is 7.92. The number of rotatable bonds is 5. The van der Waals surface area contributed by atoms with Gasteiger partial charge in [0.25, 0.3) is 0 Å². The van der Waals surface area contributed by atoms with Crippen molar-refractivity contribution in [2.75, 3.05) is 30.0 Å². The fourth-order valence-corrected chi connectivity index (χ4v) is 4.35. The van der Waals surface area contributed by atoms with E-state index in [1.165, 1.54) is 6.33 Å². The van der Waals surface area contributed by atoms with Crippen LogP contribution in [0.5, 0.6) is 0 Å². The Morgan fingerprint density at radius 3 is 2.60 bits per heavy atom. The van der Waals surface area contributed by atoms with E-state index in [-0.39, 0.29) is 11.2 Å². The van der Waals surface area contributed by atoms with Gasteiger partial charge in [-0.05, 0) is 18.8 Å². The van der Waals surface area contributed by atoms with Crippen LogP contribution in [0.3, 0.4) is 0 Å². The molecule has 6 nitrogen and oxygen atoms in total. The van der Waals surface area contributed by atoms with Crippen LogP contribution in [0, 0.1) is 0 Å². The fraction of sp³-hybridized carbons (Fsp3) is 0.692. The van der Waals surface area contributed by atoms with E-state index in [4.69, 9.17) is 0 Å². The predicted molar refractivity (Wildman–Crippen MR) is 81.0 cm³/mol. The molecule has 1 aliphatic heterocycles. The summed E-state index contributed by atoms with van der Waals surface area (Å²) in [6.45, 7) is 4.55. The van der Waals surface area contributed by atoms with Crippen LogP contribution in [0.1, 0.15) is 38.2 Å². The molecule has 20 heavy (non-hydrogen) atoms. The van der Waals surface area contributed by atoms with Gasteiger partial charge in [0.15, 0.2) is 9.84 Å². The number of sulfone groups is 1. The van der Waals surface area contributed by atoms with E-state index in [1.54, 1.807) is 0 Å². The predicted octanol–water partition coefficient (Wildman–Crippen LogP) is 1.63. The van der Waals surface area contributed by atoms with Gasteiger partial charge in [-0.1, -0.05) is 13.8 Å². The molecule has 2 N–H and O–H groups in total. The molecule has 0 radical (unpaired) electrons. The van der Waals surface area contributed by atoms with Crippen molar-refractivity contribution in [3.8, 4) is 0 Å². The van der Waals surface area contributed by atoms with Gasteiger partial charge in [-0.25, -0.2) is 18.4 Å². The molecule has 1 aliphatic rings. The standard InChI is InChI=1S/C13H22N4O2S/c1-9(2)11-12(14-3)16-8-17-13(11)15-7-10-5-4-6-20(10,18)19/h8-10H,4-7H2,1-3H3,(H2,14,15,16,17). The van der Waals surface area contributed by atoms with Crippen LogP contribution in [0.25, 0.3) is 0 Å². The van der Waals surface area contributed by atoms with Gasteiger partial charge in [-0.15, -0.1) is 0 Å². The van der Waals surface area contributed by atoms with E-state index in [2.05, 4.69) is 34.4 Å². The van der Waals surface area contributed by atoms with E-state index in [0.717, 1.165) is 30.0 Å². The molecule has 1 aromatic heterocycles. The van der Waals surface area contributed by atoms with Crippen molar-refractivity contribution in [1.29, 1.82) is 0 Å². The zero-order valence-electron chi connectivity index (χ0n) is 12.2. The van der Waals surface area contributed by atoms with Crippen molar-refractivity contribution in [2.24, 2.45) is 0 Å². The largest absolute Gasteiger partial charge is 0.373 e. The first-order valence-electron chi connectivity index (χ1n) is 6.93. The average Bonchev–Trinajstić information content (AvgIpc) is 2.74. The minimum Gasteiger partial charge on any atom is -0.373 e. The monoisotopic (exact) mass is 298 g/mol. The minimum absolute atomic E-state index is 0.251. The maximum Gasteiger partial charge on any atom is 0.154 e. The molecular weight excluding hydrogens is 276 g/mol. The van der Waals surface area contributed by atoms with Gasteiger partial charge in [0.05, 0.1) is 11.0 Å². The quantitative estimate of drug-likeness (QED) is 0.859. The molecule has 0 spiro atoms. The Morgan fingerprint density at radius 1 is 1.35 bits per heavy atom. The molecule has 0 saturated carbocycles. The third-order valence-electron chi connectivity index (χ3n) is 3.66. The SMILES string of the molecule is CNc1ncnc(NCC2CCCS2(=O)=O)c1C(C)C. The molecular formula is C13H22N4O2S. The lowest BCUT2D eigenvalue weighted by Crippen LogP contribution is -2.26. The Labute approximate surface area is 120 Å². The van der Waals surface area contributed by atoms with E-state index in [1.807, 2.05) is 7.05 Å². The summed E-state index contributed by atoms with van der Waals surface area (Å²) in [7, 11) is -1.11. The van der Waals surface area contributed by atoms with Gasteiger partial charge in [0, 0.05) is 19.2 Å². The van der Waals surface area contributed by atoms with Crippen LogP contribution in [0.4, 0.5) is 11.6 Å². The van der Waals surface area contributed by atoms with Gasteiger partial charge in [0.2, 0.25) is 0 Å². The van der Waals surface area contributed by atoms with Crippen LogP contribution < -0.4 is 10.6 Å². The molecule has 7 heteroatoms. The van der Waals surface area contributed by atoms with Crippen molar-refractivity contribution < 1.29 is 8.42 Å². The molecule has 112 valence electrons. The van der Waals surface area contributed by atoms with Crippen molar-refractivity contribution in [2.45, 2.75) is 37.9 Å². The molecule has 2 rings (SSSR count). The van der Waals surface area contributed by atoms with Gasteiger partial charge < -0.3 is 10.6 Å². The lowest BCUT2D eigenvalue weighted by Gasteiger charge is -2.18. The molecule has 1 atom stereocenters. The maximum absolute atomic E-state index is 11.8. The summed E-state index contributed by atoms with van der Waals surface area (Å²) in [6.07, 6.45) is 2.98. The molecule has 1 saturated heterocycles. The summed E-state index contributed by atoms with van der Waals surface area (Å²) >= 11 is 0. The second kappa shape index (κ2) is 5.95. The number of hydrogen-bond acceptors (Lipinski definition) is 6. The van der Waals surface area contributed by atoms with Crippen molar-refractivity contribution in [1.82, 2.24) is 9.97 Å². The Bertz CT molecular complexity index is 572. The summed E-state index contributed by atoms with van der Waals surface area (Å²) < 4.78 is 23.7. The van der Waals surface area contributed by atoms with Crippen LogP contribution in [-0.2, 0) is 9.84 Å². The molecule has 2 heterocycles. The Balaban J connectivity index is 2.17. The van der Waals surface area contributed by atoms with E-state index in [0.29, 0.717) is 12.3 Å². The van der Waals surface area contributed by atoms with Crippen molar-refractivity contribution >= 4 is 21.5 Å². The topological polar surface area (TPSA) is 84.0 Å². The number of anilines is 2. The first-order valence-corrected chi connectivity index (χ1v) is 8.65. The average molecular weight is 298 g/mol. The smallest absolute Gasteiger partial charge is 0.154 e. The molecule has 1 fully saturated rings. The lowest BCUT2D eigenvalue weighted by atomic mass is 10.0. The van der Waals surface area contributed by atoms with Crippen LogP contribution in [-0.4, -0.2) is 43.0 Å². The van der Waals surface area contributed by atoms with E-state index < -0.39 is 9.84 Å². The fourth-order valence-electron chi connectivity index (χ4n) is 2.58. The molecule has 0 bridgehead atoms. The molecule has 0 amide bonds. The lowest BCUT2D eigenvalue weighted by molar-refractivity contribution is 0.591. The van der Waals surface area contributed by atoms with Gasteiger partial charge in [-0.3, -0.25) is 0 Å². The van der Waals surface area contributed by atoms with E-state index in [9.17, 15) is 8.42 Å². The Hall–Kier alpha value is -1.37. The Kier molecular flexibility index (Phi) is 4.47. The minimum atomic E-state index is -2.93. The van der Waals surface area contributed by atoms with Gasteiger partial charge >= 0.3 is 0 Å². The van der Waals surface area contributed by atoms with Crippen molar-refractivity contribution in [3.63, 3.8) is 0 Å². The summed E-state index contributed by atoms with van der Waals surface area (Å²) in [5.74, 6) is 2.07. The third kappa shape index (κ3) is 3.03. The van der Waals surface area contributed by atoms with Gasteiger partial charge in [-0.2, -0.15) is 0 Å². The van der Waals surface area contributed by atoms with Crippen LogP contribution >= 0.6 is 0 Å². The maximum atomic E-state index is 11.8. The summed E-state index contributed by atoms with van der Waals surface area (Å²) in [4.78, 5) is 8.47. The molecule has 1 unspecified atom stereocenters. The van der Waals surface area contributed by atoms with E-state index >= 15 is 0 Å². The second-order valence-corrected chi connectivity index (χ2v) is 7.80. The Morgan fingerprint density at radius 2 is 2.05 bits per heavy atom. The van der Waals surface area contributed by atoms with Crippen LogP contribution in [0.2, 0.25) is 0 Å². The number of hydrogen-bond donors (Lipinski definition) is 2. The van der Waals surface area contributed by atoms with Crippen LogP contribution in [0.15, 0.2) is 6.33 Å². The zero-order chi connectivity index (χ0) is 14.8. The number of aromatic nitrogens is 2. The zero-order valence-corrected chi connectivity index (χ0v) is 13.0. The summed E-state index contributed by atoms with van der Waals surface area (Å²) in [6, 6.07) is 0. The molecule has 0 aromatic carbocycles. The first kappa shape index (κ1) is 15.0. The van der Waals surface area contributed by atoms with Gasteiger partial charge in [0.1, 0.15) is 18.0 Å². The highest BCUT2D eigenvalue weighted by Gasteiger charge is 2.31. The summed E-state index contributed by atoms with van der Waals surface area (Å²) in [5, 5.41) is 5.95. The first-order chi connectivity index (χ1) is 9.45. The number of nitrogens with zero attached hydrogens (tertiary/aromatic N) is 2.